The van der Waals surface area contributed by atoms with E-state index in [1.165, 1.54) is 16.7 Å². The third-order valence-electron chi connectivity index (χ3n) is 2.22. The Balaban J connectivity index is 0.000000921. The van der Waals surface area contributed by atoms with Crippen LogP contribution in [0.3, 0.4) is 0 Å². The Kier molecular flexibility index (Phi) is 8.82. The molecule has 0 aliphatic rings. The highest BCUT2D eigenvalue weighted by atomic mass is 35.5. The van der Waals surface area contributed by atoms with Gasteiger partial charge in [-0.15, -0.1) is 23.2 Å². The van der Waals surface area contributed by atoms with Crippen molar-refractivity contribution in [2.45, 2.75) is 19.8 Å². The van der Waals surface area contributed by atoms with Crippen LogP contribution in [0, 0.1) is 12.1 Å². The molecule has 2 nitrogen and oxygen atoms in total. The summed E-state index contributed by atoms with van der Waals surface area (Å²) in [5.41, 5.74) is 4.04. The summed E-state index contributed by atoms with van der Waals surface area (Å²) in [5, 5.41) is 8.00. The molecule has 0 spiro atoms. The van der Waals surface area contributed by atoms with E-state index in [1.807, 2.05) is 5.90 Å². The van der Waals surface area contributed by atoms with Crippen LogP contribution in [0.15, 0.2) is 18.2 Å². The van der Waals surface area contributed by atoms with E-state index in [1.54, 1.807) is 0 Å². The van der Waals surface area contributed by atoms with Gasteiger partial charge in [0.2, 0.25) is 0 Å². The molecule has 0 bridgehead atoms. The van der Waals surface area contributed by atoms with E-state index < -0.39 is 0 Å². The fraction of sp³-hybridized carbons (Fsp3) is 0.455. The molecular weight excluding hydrogens is 233 g/mol. The first-order valence-electron chi connectivity index (χ1n) is 4.77. The highest BCUT2D eigenvalue weighted by Gasteiger charge is 2.03. The molecule has 0 aliphatic carbocycles. The van der Waals surface area contributed by atoms with Crippen LogP contribution in [-0.4, -0.2) is 11.8 Å². The van der Waals surface area contributed by atoms with E-state index >= 15 is 0 Å². The SMILES string of the molecule is Cc1cccc(CCCl)c1CCCl.[NH3+][O-]. The van der Waals surface area contributed by atoms with E-state index in [0.717, 1.165) is 12.8 Å². The Labute approximate surface area is 101 Å². The molecule has 1 rings (SSSR count). The van der Waals surface area contributed by atoms with Gasteiger partial charge in [0.25, 0.3) is 0 Å². The molecule has 15 heavy (non-hydrogen) atoms. The van der Waals surface area contributed by atoms with Crippen molar-refractivity contribution in [3.8, 4) is 0 Å². The molecule has 86 valence electrons. The maximum absolute atomic E-state index is 8.00. The van der Waals surface area contributed by atoms with Crippen molar-refractivity contribution in [3.05, 3.63) is 40.1 Å². The average Bonchev–Trinajstić information content (AvgIpc) is 2.26. The molecule has 0 heterocycles. The molecule has 1 aromatic carbocycles. The second kappa shape index (κ2) is 8.98. The van der Waals surface area contributed by atoms with Crippen molar-refractivity contribution >= 4 is 23.2 Å². The largest absolute Gasteiger partial charge is 0.637 e. The van der Waals surface area contributed by atoms with Crippen molar-refractivity contribution in [3.63, 3.8) is 0 Å². The zero-order valence-electron chi connectivity index (χ0n) is 8.93. The molecule has 0 atom stereocenters. The highest BCUT2D eigenvalue weighted by molar-refractivity contribution is 6.18. The van der Waals surface area contributed by atoms with E-state index in [4.69, 9.17) is 28.4 Å². The first-order chi connectivity index (χ1) is 7.29. The van der Waals surface area contributed by atoms with Gasteiger partial charge in [-0.2, -0.15) is 0 Å². The summed E-state index contributed by atoms with van der Waals surface area (Å²) in [6.45, 7) is 2.12. The lowest BCUT2D eigenvalue weighted by Gasteiger charge is -2.09. The number of quaternary nitrogens is 1. The summed E-state index contributed by atoms with van der Waals surface area (Å²) < 4.78 is 0. The number of hydrogen-bond acceptors (Lipinski definition) is 1. The van der Waals surface area contributed by atoms with E-state index in [9.17, 15) is 0 Å². The summed E-state index contributed by atoms with van der Waals surface area (Å²) in [6.07, 6.45) is 1.88. The van der Waals surface area contributed by atoms with Crippen molar-refractivity contribution < 1.29 is 5.90 Å². The maximum Gasteiger partial charge on any atom is 0.0264 e. The Morgan fingerprint density at radius 2 is 1.73 bits per heavy atom. The lowest BCUT2D eigenvalue weighted by atomic mass is 9.98. The molecule has 0 radical (unpaired) electrons. The Morgan fingerprint density at radius 1 is 1.13 bits per heavy atom. The first kappa shape index (κ1) is 14.7. The van der Waals surface area contributed by atoms with Crippen LogP contribution in [0.2, 0.25) is 0 Å². The van der Waals surface area contributed by atoms with Crippen molar-refractivity contribution in [1.29, 1.82) is 0 Å². The average molecular weight is 250 g/mol. The summed E-state index contributed by atoms with van der Waals surface area (Å²) in [7, 11) is 0. The molecule has 0 saturated heterocycles. The van der Waals surface area contributed by atoms with Gasteiger partial charge in [0.15, 0.2) is 0 Å². The predicted octanol–water partition coefficient (Wildman–Crippen LogP) is 2.28. The van der Waals surface area contributed by atoms with Crippen LogP contribution < -0.4 is 5.90 Å². The molecule has 0 amide bonds. The minimum absolute atomic E-state index is 0.679. The molecular formula is C11H17Cl2NO. The summed E-state index contributed by atoms with van der Waals surface area (Å²) >= 11 is 11.5. The van der Waals surface area contributed by atoms with Crippen molar-refractivity contribution in [2.75, 3.05) is 11.8 Å². The number of aryl methyl sites for hydroxylation is 2. The standard InChI is InChI=1S/C11H14Cl2.H3NO/c1-9-3-2-4-10(5-7-12)11(9)6-8-13;1-2/h2-4H,5-8H2,1H3;1H3. The predicted molar refractivity (Wildman–Crippen MR) is 66.3 cm³/mol. The van der Waals surface area contributed by atoms with Gasteiger partial charge in [0.1, 0.15) is 0 Å². The Hall–Kier alpha value is -0.280. The quantitative estimate of drug-likeness (QED) is 0.646. The molecule has 3 N–H and O–H groups in total. The lowest BCUT2D eigenvalue weighted by molar-refractivity contribution is -0.275. The van der Waals surface area contributed by atoms with Crippen LogP contribution >= 0.6 is 23.2 Å². The number of rotatable bonds is 4. The smallest absolute Gasteiger partial charge is 0.0264 e. The number of hydrogen-bond donors (Lipinski definition) is 1. The third-order valence-corrected chi connectivity index (χ3v) is 2.59. The monoisotopic (exact) mass is 249 g/mol. The van der Waals surface area contributed by atoms with Gasteiger partial charge in [-0.25, -0.2) is 0 Å². The zero-order chi connectivity index (χ0) is 11.7. The van der Waals surface area contributed by atoms with Gasteiger partial charge in [0.05, 0.1) is 0 Å². The molecule has 0 unspecified atom stereocenters. The van der Waals surface area contributed by atoms with Crippen molar-refractivity contribution in [2.24, 2.45) is 0 Å². The topological polar surface area (TPSA) is 50.7 Å². The second-order valence-corrected chi connectivity index (χ2v) is 3.85. The Bertz CT molecular complexity index is 279. The molecule has 0 fully saturated rings. The molecule has 0 aliphatic heterocycles. The van der Waals surface area contributed by atoms with Crippen LogP contribution in [0.1, 0.15) is 16.7 Å². The van der Waals surface area contributed by atoms with Crippen LogP contribution in [-0.2, 0) is 12.8 Å². The molecule has 1 aromatic rings. The van der Waals surface area contributed by atoms with Gasteiger partial charge in [0, 0.05) is 11.8 Å². The van der Waals surface area contributed by atoms with Gasteiger partial charge in [-0.3, -0.25) is 0 Å². The van der Waals surface area contributed by atoms with E-state index in [-0.39, 0.29) is 0 Å². The number of benzene rings is 1. The van der Waals surface area contributed by atoms with Crippen LogP contribution in [0.25, 0.3) is 0 Å². The number of halogens is 2. The highest BCUT2D eigenvalue weighted by Crippen LogP contribution is 2.16. The van der Waals surface area contributed by atoms with Gasteiger partial charge >= 0.3 is 0 Å². The third kappa shape index (κ3) is 4.85. The first-order valence-corrected chi connectivity index (χ1v) is 5.84. The van der Waals surface area contributed by atoms with Crippen LogP contribution in [0.5, 0.6) is 0 Å². The number of alkyl halides is 2. The normalized spacial score (nSPS) is 9.40. The van der Waals surface area contributed by atoms with E-state index in [0.29, 0.717) is 11.8 Å². The summed E-state index contributed by atoms with van der Waals surface area (Å²) in [4.78, 5) is 0. The summed E-state index contributed by atoms with van der Waals surface area (Å²) in [5.74, 6) is 3.36. The molecule has 0 aromatic heterocycles. The zero-order valence-corrected chi connectivity index (χ0v) is 10.4. The Morgan fingerprint density at radius 3 is 2.27 bits per heavy atom. The minimum Gasteiger partial charge on any atom is -0.637 e. The second-order valence-electron chi connectivity index (χ2n) is 3.09. The molecule has 0 saturated carbocycles. The maximum atomic E-state index is 8.00. The van der Waals surface area contributed by atoms with Crippen molar-refractivity contribution in [1.82, 2.24) is 0 Å². The van der Waals surface area contributed by atoms with Gasteiger partial charge in [-0.05, 0) is 36.5 Å². The fourth-order valence-corrected chi connectivity index (χ4v) is 1.94. The van der Waals surface area contributed by atoms with Gasteiger partial charge < -0.3 is 11.1 Å². The fourth-order valence-electron chi connectivity index (χ4n) is 1.55. The molecule has 4 heteroatoms. The lowest BCUT2D eigenvalue weighted by Crippen LogP contribution is -2.37. The van der Waals surface area contributed by atoms with Crippen LogP contribution in [0.4, 0.5) is 0 Å². The van der Waals surface area contributed by atoms with Gasteiger partial charge in [-0.1, -0.05) is 18.2 Å². The minimum atomic E-state index is 0.679. The summed E-state index contributed by atoms with van der Waals surface area (Å²) in [6, 6.07) is 6.34. The van der Waals surface area contributed by atoms with E-state index in [2.05, 4.69) is 25.1 Å².